The van der Waals surface area contributed by atoms with Gasteiger partial charge in [-0.25, -0.2) is 0 Å². The van der Waals surface area contributed by atoms with Crippen molar-refractivity contribution in [3.05, 3.63) is 45.1 Å². The molecule has 3 aromatic rings. The van der Waals surface area contributed by atoms with Crippen LogP contribution in [0.3, 0.4) is 0 Å². The molecule has 92 valence electrons. The van der Waals surface area contributed by atoms with Gasteiger partial charge >= 0.3 is 0 Å². The number of rotatable bonds is 3. The third-order valence-corrected chi connectivity index (χ3v) is 4.40. The van der Waals surface area contributed by atoms with Crippen LogP contribution in [0.4, 0.5) is 0 Å². The molecule has 0 saturated heterocycles. The van der Waals surface area contributed by atoms with Gasteiger partial charge in [-0.1, -0.05) is 12.1 Å². The number of halogens is 2. The van der Waals surface area contributed by atoms with Crippen molar-refractivity contribution < 1.29 is 4.74 Å². The summed E-state index contributed by atoms with van der Waals surface area (Å²) in [5.74, 6) is 1.76. The third-order valence-electron chi connectivity index (χ3n) is 2.49. The average Bonchev–Trinajstić information content (AvgIpc) is 2.92. The number of hydrogen-bond acceptors (Lipinski definition) is 3. The van der Waals surface area contributed by atoms with E-state index in [1.807, 2.05) is 40.2 Å². The van der Waals surface area contributed by atoms with Crippen molar-refractivity contribution in [1.82, 2.24) is 9.38 Å². The standard InChI is InChI=1S/C12H8ClIN2OS/c13-7-9-11(15-12-16(9)5-6-18-12)17-10-4-2-1-3-8(10)14/h1-6H,7H2. The molecule has 0 fully saturated rings. The van der Waals surface area contributed by atoms with E-state index in [1.54, 1.807) is 11.3 Å². The average molecular weight is 391 g/mol. The number of thiazole rings is 1. The second-order valence-electron chi connectivity index (χ2n) is 3.59. The monoisotopic (exact) mass is 390 g/mol. The van der Waals surface area contributed by atoms with E-state index in [0.717, 1.165) is 20.0 Å². The van der Waals surface area contributed by atoms with Gasteiger partial charge in [0.2, 0.25) is 5.88 Å². The second-order valence-corrected chi connectivity index (χ2v) is 5.89. The highest BCUT2D eigenvalue weighted by molar-refractivity contribution is 14.1. The Morgan fingerprint density at radius 3 is 3.00 bits per heavy atom. The third kappa shape index (κ3) is 2.10. The number of alkyl halides is 1. The maximum absolute atomic E-state index is 5.98. The lowest BCUT2D eigenvalue weighted by molar-refractivity contribution is 0.458. The molecule has 0 atom stereocenters. The highest BCUT2D eigenvalue weighted by Crippen LogP contribution is 2.31. The van der Waals surface area contributed by atoms with Crippen LogP contribution < -0.4 is 4.74 Å². The SMILES string of the molecule is ClCc1c(Oc2ccccc2I)nc2sccn12. The minimum atomic E-state index is 0.372. The molecule has 6 heteroatoms. The van der Waals surface area contributed by atoms with Gasteiger partial charge in [-0.05, 0) is 34.7 Å². The van der Waals surface area contributed by atoms with Crippen molar-refractivity contribution in [1.29, 1.82) is 0 Å². The maximum Gasteiger partial charge on any atom is 0.243 e. The van der Waals surface area contributed by atoms with Crippen LogP contribution in [0.2, 0.25) is 0 Å². The normalized spacial score (nSPS) is 11.0. The van der Waals surface area contributed by atoms with Crippen LogP contribution in [0, 0.1) is 3.57 Å². The smallest absolute Gasteiger partial charge is 0.243 e. The van der Waals surface area contributed by atoms with Gasteiger partial charge in [0.1, 0.15) is 11.4 Å². The first-order valence-electron chi connectivity index (χ1n) is 5.22. The topological polar surface area (TPSA) is 26.5 Å². The summed E-state index contributed by atoms with van der Waals surface area (Å²) >= 11 is 9.78. The highest BCUT2D eigenvalue weighted by atomic mass is 127. The lowest BCUT2D eigenvalue weighted by atomic mass is 10.3. The van der Waals surface area contributed by atoms with Crippen LogP contribution in [-0.4, -0.2) is 9.38 Å². The van der Waals surface area contributed by atoms with Crippen molar-refractivity contribution in [2.45, 2.75) is 5.88 Å². The minimum Gasteiger partial charge on any atom is -0.436 e. The molecule has 1 aromatic carbocycles. The Labute approximate surface area is 127 Å². The zero-order valence-electron chi connectivity index (χ0n) is 9.14. The fourth-order valence-corrected chi connectivity index (χ4v) is 3.11. The Hall–Kier alpha value is -0.790. The predicted molar refractivity (Wildman–Crippen MR) is 81.9 cm³/mol. The van der Waals surface area contributed by atoms with E-state index >= 15 is 0 Å². The van der Waals surface area contributed by atoms with Crippen molar-refractivity contribution in [3.8, 4) is 11.6 Å². The largest absolute Gasteiger partial charge is 0.436 e. The van der Waals surface area contributed by atoms with Crippen LogP contribution in [0.5, 0.6) is 11.6 Å². The van der Waals surface area contributed by atoms with Crippen LogP contribution in [-0.2, 0) is 5.88 Å². The van der Waals surface area contributed by atoms with E-state index in [0.29, 0.717) is 11.8 Å². The molecule has 0 bridgehead atoms. The molecule has 0 amide bonds. The van der Waals surface area contributed by atoms with Gasteiger partial charge in [0.15, 0.2) is 4.96 Å². The molecule has 18 heavy (non-hydrogen) atoms. The van der Waals surface area contributed by atoms with E-state index < -0.39 is 0 Å². The Balaban J connectivity index is 2.04. The molecule has 0 aliphatic heterocycles. The number of imidazole rings is 1. The molecule has 3 rings (SSSR count). The Kier molecular flexibility index (Phi) is 3.45. The summed E-state index contributed by atoms with van der Waals surface area (Å²) in [7, 11) is 0. The van der Waals surface area contributed by atoms with Crippen LogP contribution in [0.25, 0.3) is 4.96 Å². The summed E-state index contributed by atoms with van der Waals surface area (Å²) in [4.78, 5) is 5.35. The van der Waals surface area contributed by atoms with Gasteiger partial charge in [0.05, 0.1) is 9.45 Å². The fourth-order valence-electron chi connectivity index (χ4n) is 1.65. The molecule has 3 nitrogen and oxygen atoms in total. The van der Waals surface area contributed by atoms with Crippen molar-refractivity contribution in [3.63, 3.8) is 0 Å². The van der Waals surface area contributed by atoms with Crippen molar-refractivity contribution >= 4 is 50.5 Å². The van der Waals surface area contributed by atoms with Crippen molar-refractivity contribution in [2.75, 3.05) is 0 Å². The van der Waals surface area contributed by atoms with Gasteiger partial charge in [0.25, 0.3) is 0 Å². The van der Waals surface area contributed by atoms with Crippen LogP contribution in [0.15, 0.2) is 35.8 Å². The summed E-state index contributed by atoms with van der Waals surface area (Å²) in [6.45, 7) is 0. The summed E-state index contributed by atoms with van der Waals surface area (Å²) in [5, 5.41) is 1.98. The highest BCUT2D eigenvalue weighted by Gasteiger charge is 2.15. The predicted octanol–water partition coefficient (Wildman–Crippen LogP) is 4.53. The van der Waals surface area contributed by atoms with Gasteiger partial charge in [-0.3, -0.25) is 4.40 Å². The zero-order chi connectivity index (χ0) is 12.5. The summed E-state index contributed by atoms with van der Waals surface area (Å²) in [5.41, 5.74) is 0.882. The number of hydrogen-bond donors (Lipinski definition) is 0. The first-order chi connectivity index (χ1) is 8.79. The van der Waals surface area contributed by atoms with E-state index in [9.17, 15) is 0 Å². The number of aromatic nitrogens is 2. The molecule has 0 aliphatic rings. The molecule has 0 unspecified atom stereocenters. The van der Waals surface area contributed by atoms with E-state index in [1.165, 1.54) is 0 Å². The van der Waals surface area contributed by atoms with Crippen LogP contribution >= 0.6 is 45.5 Å². The fraction of sp³-hybridized carbons (Fsp3) is 0.0833. The first kappa shape index (κ1) is 12.3. The summed E-state index contributed by atoms with van der Waals surface area (Å²) in [6, 6.07) is 7.83. The molecule has 2 heterocycles. The maximum atomic E-state index is 5.98. The molecule has 0 aliphatic carbocycles. The lowest BCUT2D eigenvalue weighted by Crippen LogP contribution is -1.92. The van der Waals surface area contributed by atoms with Crippen LogP contribution in [0.1, 0.15) is 5.69 Å². The molecular weight excluding hydrogens is 383 g/mol. The Morgan fingerprint density at radius 1 is 1.39 bits per heavy atom. The van der Waals surface area contributed by atoms with Gasteiger partial charge < -0.3 is 4.74 Å². The van der Waals surface area contributed by atoms with E-state index in [2.05, 4.69) is 27.6 Å². The Bertz CT molecular complexity index is 694. The summed E-state index contributed by atoms with van der Waals surface area (Å²) < 4.78 is 8.87. The molecule has 0 saturated carbocycles. The van der Waals surface area contributed by atoms with E-state index in [-0.39, 0.29) is 0 Å². The Morgan fingerprint density at radius 2 is 2.22 bits per heavy atom. The number of para-hydroxylation sites is 1. The number of ether oxygens (including phenoxy) is 1. The lowest BCUT2D eigenvalue weighted by Gasteiger charge is -2.05. The number of benzene rings is 1. The number of fused-ring (bicyclic) bond motifs is 1. The zero-order valence-corrected chi connectivity index (χ0v) is 12.9. The first-order valence-corrected chi connectivity index (χ1v) is 7.71. The minimum absolute atomic E-state index is 0.372. The molecule has 0 spiro atoms. The second kappa shape index (κ2) is 5.07. The molecule has 0 N–H and O–H groups in total. The quantitative estimate of drug-likeness (QED) is 0.485. The molecule has 0 radical (unpaired) electrons. The van der Waals surface area contributed by atoms with Gasteiger partial charge in [0, 0.05) is 11.6 Å². The van der Waals surface area contributed by atoms with Crippen molar-refractivity contribution in [2.24, 2.45) is 0 Å². The number of nitrogens with zero attached hydrogens (tertiary/aromatic N) is 2. The molecule has 2 aromatic heterocycles. The van der Waals surface area contributed by atoms with Gasteiger partial charge in [-0.2, -0.15) is 4.98 Å². The molecular formula is C12H8ClIN2OS. The summed E-state index contributed by atoms with van der Waals surface area (Å²) in [6.07, 6.45) is 1.95. The van der Waals surface area contributed by atoms with Gasteiger partial charge in [-0.15, -0.1) is 22.9 Å². The van der Waals surface area contributed by atoms with E-state index in [4.69, 9.17) is 16.3 Å².